The Hall–Kier alpha value is -3.40. The molecule has 3 aromatic heterocycles. The normalized spacial score (nSPS) is 11.8. The number of aromatic nitrogens is 2. The van der Waals surface area contributed by atoms with Gasteiger partial charge in [0.05, 0.1) is 21.6 Å². The van der Waals surface area contributed by atoms with Crippen molar-refractivity contribution in [3.8, 4) is 10.4 Å². The molecule has 5 aromatic rings. The zero-order valence-electron chi connectivity index (χ0n) is 16.4. The number of nitrogens with one attached hydrogen (secondary N) is 3. The summed E-state index contributed by atoms with van der Waals surface area (Å²) in [6.45, 7) is 1.86. The number of pyridine rings is 1. The first kappa shape index (κ1) is 19.6. The van der Waals surface area contributed by atoms with E-state index >= 15 is 0 Å². The summed E-state index contributed by atoms with van der Waals surface area (Å²) in [5, 5.41) is 4.57. The van der Waals surface area contributed by atoms with Crippen molar-refractivity contribution in [2.24, 2.45) is 0 Å². The van der Waals surface area contributed by atoms with Crippen molar-refractivity contribution in [3.05, 3.63) is 72.6 Å². The molecular formula is C22H18N4O3S2. The van der Waals surface area contributed by atoms with Crippen molar-refractivity contribution in [1.82, 2.24) is 9.97 Å². The SMILES string of the molecule is Cc1ccc(-c2cc3nccc(Nc4ccc5[nH]ccc5c4)c3s2)c(NS(=O)(=O)O)c1. The van der Waals surface area contributed by atoms with Crippen LogP contribution in [0.15, 0.2) is 67.0 Å². The van der Waals surface area contributed by atoms with E-state index in [1.54, 1.807) is 12.3 Å². The molecule has 4 N–H and O–H groups in total. The lowest BCUT2D eigenvalue weighted by Gasteiger charge is -2.09. The number of hydrogen-bond acceptors (Lipinski definition) is 5. The van der Waals surface area contributed by atoms with Crippen LogP contribution in [-0.4, -0.2) is 22.9 Å². The maximum Gasteiger partial charge on any atom is 0.357 e. The molecule has 0 aliphatic carbocycles. The van der Waals surface area contributed by atoms with E-state index in [0.29, 0.717) is 11.3 Å². The number of fused-ring (bicyclic) bond motifs is 2. The highest BCUT2D eigenvalue weighted by Gasteiger charge is 2.15. The zero-order chi connectivity index (χ0) is 21.6. The second-order valence-corrected chi connectivity index (χ2v) is 9.42. The lowest BCUT2D eigenvalue weighted by atomic mass is 10.1. The minimum absolute atomic E-state index is 0.321. The van der Waals surface area contributed by atoms with Crippen LogP contribution in [-0.2, 0) is 10.3 Å². The minimum atomic E-state index is -4.39. The summed E-state index contributed by atoms with van der Waals surface area (Å²) >= 11 is 1.50. The van der Waals surface area contributed by atoms with Crippen molar-refractivity contribution in [3.63, 3.8) is 0 Å². The third kappa shape index (κ3) is 3.98. The fourth-order valence-corrected chi connectivity index (χ4v) is 5.12. The van der Waals surface area contributed by atoms with Crippen LogP contribution in [0, 0.1) is 6.92 Å². The number of anilines is 3. The molecule has 0 spiro atoms. The maximum atomic E-state index is 11.4. The standard InChI is InChI=1S/C22H18N4O3S2/c1-13-2-4-16(19(10-13)26-31(27,28)29)21-12-20-22(30-21)18(7-9-24-20)25-15-3-5-17-14(11-15)6-8-23-17/h2-12,23,26H,1H3,(H,24,25)(H,27,28,29). The van der Waals surface area contributed by atoms with Crippen molar-refractivity contribution in [2.75, 3.05) is 10.0 Å². The third-order valence-electron chi connectivity index (χ3n) is 4.92. The number of nitrogens with zero attached hydrogens (tertiary/aromatic N) is 1. The van der Waals surface area contributed by atoms with Crippen LogP contribution in [0.1, 0.15) is 5.56 Å². The summed E-state index contributed by atoms with van der Waals surface area (Å²) in [6.07, 6.45) is 3.65. The van der Waals surface area contributed by atoms with Gasteiger partial charge in [-0.05, 0) is 55.0 Å². The third-order valence-corrected chi connectivity index (χ3v) is 6.59. The lowest BCUT2D eigenvalue weighted by molar-refractivity contribution is 0.490. The van der Waals surface area contributed by atoms with E-state index in [4.69, 9.17) is 0 Å². The number of thiophene rings is 1. The molecule has 3 heterocycles. The molecule has 0 aliphatic rings. The van der Waals surface area contributed by atoms with Crippen LogP contribution in [0.3, 0.4) is 0 Å². The van der Waals surface area contributed by atoms with E-state index in [-0.39, 0.29) is 0 Å². The van der Waals surface area contributed by atoms with Crippen molar-refractivity contribution < 1.29 is 13.0 Å². The van der Waals surface area contributed by atoms with Gasteiger partial charge in [-0.25, -0.2) is 0 Å². The van der Waals surface area contributed by atoms with Gasteiger partial charge in [0.15, 0.2) is 0 Å². The molecule has 0 saturated carbocycles. The Morgan fingerprint density at radius 1 is 1.03 bits per heavy atom. The molecule has 31 heavy (non-hydrogen) atoms. The van der Waals surface area contributed by atoms with Crippen LogP contribution >= 0.6 is 11.3 Å². The molecule has 0 radical (unpaired) electrons. The monoisotopic (exact) mass is 450 g/mol. The van der Waals surface area contributed by atoms with Gasteiger partial charge in [0.1, 0.15) is 0 Å². The highest BCUT2D eigenvalue weighted by molar-refractivity contribution is 7.87. The summed E-state index contributed by atoms with van der Waals surface area (Å²) in [5.41, 5.74) is 5.60. The first-order chi connectivity index (χ1) is 14.9. The lowest BCUT2D eigenvalue weighted by Crippen LogP contribution is -2.11. The second-order valence-electron chi connectivity index (χ2n) is 7.21. The Kier molecular flexibility index (Phi) is 4.66. The number of benzene rings is 2. The van der Waals surface area contributed by atoms with Gasteiger partial charge in [-0.15, -0.1) is 11.3 Å². The Morgan fingerprint density at radius 3 is 2.74 bits per heavy atom. The van der Waals surface area contributed by atoms with Crippen LogP contribution in [0.4, 0.5) is 17.1 Å². The first-order valence-corrected chi connectivity index (χ1v) is 11.7. The average molecular weight is 451 g/mol. The molecule has 0 amide bonds. The number of aryl methyl sites for hydroxylation is 1. The second kappa shape index (κ2) is 7.38. The number of rotatable bonds is 5. The molecule has 5 rings (SSSR count). The summed E-state index contributed by atoms with van der Waals surface area (Å²) in [4.78, 5) is 8.49. The average Bonchev–Trinajstić information content (AvgIpc) is 3.33. The molecule has 156 valence electrons. The zero-order valence-corrected chi connectivity index (χ0v) is 18.0. The summed E-state index contributed by atoms with van der Waals surface area (Å²) < 4.78 is 35.3. The van der Waals surface area contributed by atoms with E-state index in [1.165, 1.54) is 11.3 Å². The van der Waals surface area contributed by atoms with E-state index < -0.39 is 10.3 Å². The maximum absolute atomic E-state index is 11.4. The smallest absolute Gasteiger partial charge is 0.357 e. The molecule has 2 aromatic carbocycles. The van der Waals surface area contributed by atoms with E-state index in [0.717, 1.165) is 42.9 Å². The Balaban J connectivity index is 1.57. The van der Waals surface area contributed by atoms with E-state index in [1.807, 2.05) is 55.6 Å². The minimum Gasteiger partial charge on any atom is -0.361 e. The molecule has 0 bridgehead atoms. The number of H-pyrrole nitrogens is 1. The molecule has 9 heteroatoms. The van der Waals surface area contributed by atoms with Crippen LogP contribution in [0.5, 0.6) is 0 Å². The molecule has 0 saturated heterocycles. The van der Waals surface area contributed by atoms with Gasteiger partial charge >= 0.3 is 10.3 Å². The van der Waals surface area contributed by atoms with Gasteiger partial charge in [0.2, 0.25) is 0 Å². The molecule has 0 atom stereocenters. The highest BCUT2D eigenvalue weighted by atomic mass is 32.2. The highest BCUT2D eigenvalue weighted by Crippen LogP contribution is 2.40. The van der Waals surface area contributed by atoms with Crippen molar-refractivity contribution in [1.29, 1.82) is 0 Å². The van der Waals surface area contributed by atoms with Gasteiger partial charge in [0, 0.05) is 39.4 Å². The summed E-state index contributed by atoms with van der Waals surface area (Å²) in [7, 11) is -4.39. The predicted octanol–water partition coefficient (Wildman–Crippen LogP) is 5.71. The first-order valence-electron chi connectivity index (χ1n) is 9.45. The van der Waals surface area contributed by atoms with Gasteiger partial charge in [-0.1, -0.05) is 12.1 Å². The fraction of sp³-hybridized carbons (Fsp3) is 0.0455. The van der Waals surface area contributed by atoms with Gasteiger partial charge in [-0.2, -0.15) is 8.42 Å². The van der Waals surface area contributed by atoms with Crippen molar-refractivity contribution in [2.45, 2.75) is 6.92 Å². The Labute approximate surface area is 182 Å². The molecule has 0 fully saturated rings. The van der Waals surface area contributed by atoms with E-state index in [2.05, 4.69) is 26.1 Å². The fourth-order valence-electron chi connectivity index (χ4n) is 3.55. The molecule has 0 unspecified atom stereocenters. The predicted molar refractivity (Wildman–Crippen MR) is 127 cm³/mol. The number of aromatic amines is 1. The topological polar surface area (TPSA) is 107 Å². The Bertz CT molecular complexity index is 1540. The van der Waals surface area contributed by atoms with Gasteiger partial charge in [0.25, 0.3) is 0 Å². The molecule has 0 aliphatic heterocycles. The Morgan fingerprint density at radius 2 is 1.90 bits per heavy atom. The van der Waals surface area contributed by atoms with Crippen LogP contribution in [0.2, 0.25) is 0 Å². The quantitative estimate of drug-likeness (QED) is 0.257. The molecular weight excluding hydrogens is 432 g/mol. The van der Waals surface area contributed by atoms with Gasteiger partial charge < -0.3 is 10.3 Å². The number of hydrogen-bond donors (Lipinski definition) is 4. The van der Waals surface area contributed by atoms with E-state index in [9.17, 15) is 13.0 Å². The largest absolute Gasteiger partial charge is 0.361 e. The van der Waals surface area contributed by atoms with Crippen molar-refractivity contribution >= 4 is 59.8 Å². The summed E-state index contributed by atoms with van der Waals surface area (Å²) in [5.74, 6) is 0. The van der Waals surface area contributed by atoms with Crippen LogP contribution in [0.25, 0.3) is 31.6 Å². The van der Waals surface area contributed by atoms with Crippen LogP contribution < -0.4 is 10.0 Å². The van der Waals surface area contributed by atoms with Gasteiger partial charge in [-0.3, -0.25) is 14.3 Å². The molecule has 7 nitrogen and oxygen atoms in total. The summed E-state index contributed by atoms with van der Waals surface area (Å²) in [6, 6.07) is 17.4.